The van der Waals surface area contributed by atoms with Crippen LogP contribution < -0.4 is 5.32 Å². The minimum absolute atomic E-state index is 0.794. The maximum Gasteiger partial charge on any atom is 0.183 e. The van der Waals surface area contributed by atoms with E-state index in [1.807, 2.05) is 18.2 Å². The van der Waals surface area contributed by atoms with Gasteiger partial charge in [-0.05, 0) is 18.6 Å². The van der Waals surface area contributed by atoms with E-state index in [2.05, 4.69) is 17.2 Å². The van der Waals surface area contributed by atoms with Gasteiger partial charge in [0.25, 0.3) is 0 Å². The van der Waals surface area contributed by atoms with Crippen LogP contribution in [0.5, 0.6) is 0 Å². The molecule has 104 valence electrons. The Morgan fingerprint density at radius 1 is 1.16 bits per heavy atom. The molecule has 0 unspecified atom stereocenters. The first-order valence-corrected chi connectivity index (χ1v) is 8.29. The number of anilines is 1. The molecular formula is C15H21ClN2S. The lowest BCUT2D eigenvalue weighted by Gasteiger charge is -2.02. The maximum atomic E-state index is 6.15. The van der Waals surface area contributed by atoms with Gasteiger partial charge in [0.1, 0.15) is 0 Å². The van der Waals surface area contributed by atoms with Crippen LogP contribution in [0.25, 0.3) is 10.2 Å². The molecule has 2 aromatic rings. The van der Waals surface area contributed by atoms with Gasteiger partial charge >= 0.3 is 0 Å². The molecule has 0 bridgehead atoms. The van der Waals surface area contributed by atoms with Crippen molar-refractivity contribution >= 4 is 38.3 Å². The number of rotatable bonds is 8. The highest BCUT2D eigenvalue weighted by Gasteiger charge is 2.05. The fraction of sp³-hybridized carbons (Fsp3) is 0.533. The minimum Gasteiger partial charge on any atom is -0.361 e. The molecule has 19 heavy (non-hydrogen) atoms. The molecule has 1 N–H and O–H groups in total. The molecule has 0 aliphatic heterocycles. The summed E-state index contributed by atoms with van der Waals surface area (Å²) < 4.78 is 1.08. The molecule has 1 aromatic carbocycles. The predicted octanol–water partition coefficient (Wildman–Crippen LogP) is 5.72. The molecule has 0 atom stereocenters. The van der Waals surface area contributed by atoms with Gasteiger partial charge in [0.05, 0.1) is 15.2 Å². The van der Waals surface area contributed by atoms with Crippen molar-refractivity contribution < 1.29 is 0 Å². The van der Waals surface area contributed by atoms with Crippen molar-refractivity contribution in [3.05, 3.63) is 23.2 Å². The predicted molar refractivity (Wildman–Crippen MR) is 86.5 cm³/mol. The van der Waals surface area contributed by atoms with E-state index >= 15 is 0 Å². The van der Waals surface area contributed by atoms with Crippen LogP contribution in [0.1, 0.15) is 45.4 Å². The molecule has 2 rings (SSSR count). The quantitative estimate of drug-likeness (QED) is 0.630. The average Bonchev–Trinajstić information content (AvgIpc) is 2.82. The number of unbranched alkanes of at least 4 members (excludes halogenated alkanes) is 5. The fourth-order valence-corrected chi connectivity index (χ4v) is 3.27. The zero-order valence-corrected chi connectivity index (χ0v) is 13.0. The van der Waals surface area contributed by atoms with E-state index in [-0.39, 0.29) is 0 Å². The minimum atomic E-state index is 0.794. The molecule has 2 nitrogen and oxygen atoms in total. The van der Waals surface area contributed by atoms with Crippen molar-refractivity contribution in [3.63, 3.8) is 0 Å². The maximum absolute atomic E-state index is 6.15. The smallest absolute Gasteiger partial charge is 0.183 e. The van der Waals surface area contributed by atoms with Crippen molar-refractivity contribution in [1.29, 1.82) is 0 Å². The second-order valence-corrected chi connectivity index (χ2v) is 6.21. The van der Waals surface area contributed by atoms with Crippen molar-refractivity contribution in [2.75, 3.05) is 11.9 Å². The normalized spacial score (nSPS) is 11.1. The molecule has 4 heteroatoms. The molecule has 0 aliphatic carbocycles. The summed E-state index contributed by atoms with van der Waals surface area (Å²) in [6, 6.07) is 5.87. The van der Waals surface area contributed by atoms with Crippen molar-refractivity contribution in [2.45, 2.75) is 45.4 Å². The van der Waals surface area contributed by atoms with Crippen LogP contribution in [0.2, 0.25) is 5.02 Å². The van der Waals surface area contributed by atoms with E-state index < -0.39 is 0 Å². The van der Waals surface area contributed by atoms with Gasteiger partial charge in [-0.3, -0.25) is 0 Å². The van der Waals surface area contributed by atoms with E-state index in [4.69, 9.17) is 11.6 Å². The molecule has 1 aromatic heterocycles. The van der Waals surface area contributed by atoms with Crippen molar-refractivity contribution in [3.8, 4) is 0 Å². The van der Waals surface area contributed by atoms with Crippen LogP contribution in [-0.4, -0.2) is 11.5 Å². The fourth-order valence-electron chi connectivity index (χ4n) is 2.09. The van der Waals surface area contributed by atoms with Gasteiger partial charge in [0, 0.05) is 6.54 Å². The van der Waals surface area contributed by atoms with Gasteiger partial charge in [-0.25, -0.2) is 4.98 Å². The second-order valence-electron chi connectivity index (χ2n) is 4.80. The Kier molecular flexibility index (Phi) is 5.93. The Hall–Kier alpha value is -0.800. The summed E-state index contributed by atoms with van der Waals surface area (Å²) in [5.74, 6) is 0. The van der Waals surface area contributed by atoms with E-state index in [9.17, 15) is 0 Å². The molecule has 0 radical (unpaired) electrons. The Morgan fingerprint density at radius 3 is 2.74 bits per heavy atom. The van der Waals surface area contributed by atoms with Crippen LogP contribution in [0, 0.1) is 0 Å². The zero-order valence-electron chi connectivity index (χ0n) is 11.4. The van der Waals surface area contributed by atoms with E-state index in [0.717, 1.165) is 26.9 Å². The van der Waals surface area contributed by atoms with Crippen LogP contribution in [0.3, 0.4) is 0 Å². The van der Waals surface area contributed by atoms with Gasteiger partial charge in [-0.15, -0.1) is 0 Å². The van der Waals surface area contributed by atoms with Crippen LogP contribution in [-0.2, 0) is 0 Å². The Labute approximate surface area is 124 Å². The number of nitrogens with zero attached hydrogens (tertiary/aromatic N) is 1. The summed E-state index contributed by atoms with van der Waals surface area (Å²) in [6.45, 7) is 3.25. The van der Waals surface area contributed by atoms with Crippen LogP contribution >= 0.6 is 22.9 Å². The molecule has 0 aliphatic rings. The largest absolute Gasteiger partial charge is 0.361 e. The molecule has 0 fully saturated rings. The number of thiazole rings is 1. The highest BCUT2D eigenvalue weighted by Crippen LogP contribution is 2.31. The highest BCUT2D eigenvalue weighted by atomic mass is 35.5. The van der Waals surface area contributed by atoms with E-state index in [0.29, 0.717) is 0 Å². The third-order valence-electron chi connectivity index (χ3n) is 3.17. The molecule has 0 amide bonds. The van der Waals surface area contributed by atoms with Gasteiger partial charge in [-0.2, -0.15) is 0 Å². The van der Waals surface area contributed by atoms with Gasteiger partial charge in [0.2, 0.25) is 0 Å². The Morgan fingerprint density at radius 2 is 1.95 bits per heavy atom. The molecule has 1 heterocycles. The van der Waals surface area contributed by atoms with Crippen LogP contribution in [0.15, 0.2) is 18.2 Å². The lowest BCUT2D eigenvalue weighted by molar-refractivity contribution is 0.617. The Balaban J connectivity index is 1.74. The third-order valence-corrected chi connectivity index (χ3v) is 4.66. The number of hydrogen-bond acceptors (Lipinski definition) is 3. The first-order valence-electron chi connectivity index (χ1n) is 7.10. The van der Waals surface area contributed by atoms with E-state index in [1.54, 1.807) is 11.3 Å². The summed E-state index contributed by atoms with van der Waals surface area (Å²) in [7, 11) is 0. The lowest BCUT2D eigenvalue weighted by atomic mass is 10.1. The summed E-state index contributed by atoms with van der Waals surface area (Å²) in [5, 5.41) is 5.18. The summed E-state index contributed by atoms with van der Waals surface area (Å²) in [5.41, 5.74) is 0.989. The summed E-state index contributed by atoms with van der Waals surface area (Å²) >= 11 is 7.79. The SMILES string of the molecule is CCCCCCCCNc1nc2cccc(Cl)c2s1. The topological polar surface area (TPSA) is 24.9 Å². The second kappa shape index (κ2) is 7.71. The number of halogens is 1. The van der Waals surface area contributed by atoms with Gasteiger partial charge in [-0.1, -0.05) is 68.0 Å². The monoisotopic (exact) mass is 296 g/mol. The van der Waals surface area contributed by atoms with Crippen LogP contribution in [0.4, 0.5) is 5.13 Å². The molecular weight excluding hydrogens is 276 g/mol. The lowest BCUT2D eigenvalue weighted by Crippen LogP contribution is -2.00. The highest BCUT2D eigenvalue weighted by molar-refractivity contribution is 7.22. The number of nitrogens with one attached hydrogen (secondary N) is 1. The number of hydrogen-bond donors (Lipinski definition) is 1. The number of fused-ring (bicyclic) bond motifs is 1. The first kappa shape index (κ1) is 14.6. The van der Waals surface area contributed by atoms with E-state index in [1.165, 1.54) is 38.5 Å². The number of benzene rings is 1. The zero-order chi connectivity index (χ0) is 13.5. The standard InChI is InChI=1S/C15H21ClN2S/c1-2-3-4-5-6-7-11-17-15-18-13-10-8-9-12(16)14(13)19-15/h8-10H,2-7,11H2,1H3,(H,17,18). The third kappa shape index (κ3) is 4.36. The molecule has 0 spiro atoms. The summed E-state index contributed by atoms with van der Waals surface area (Å²) in [6.07, 6.45) is 7.91. The van der Waals surface area contributed by atoms with Gasteiger partial charge < -0.3 is 5.32 Å². The number of aromatic nitrogens is 1. The Bertz CT molecular complexity index is 510. The first-order chi connectivity index (χ1) is 9.31. The average molecular weight is 297 g/mol. The molecule has 0 saturated heterocycles. The summed E-state index contributed by atoms with van der Waals surface area (Å²) in [4.78, 5) is 4.54. The van der Waals surface area contributed by atoms with Crippen molar-refractivity contribution in [2.24, 2.45) is 0 Å². The van der Waals surface area contributed by atoms with Gasteiger partial charge in [0.15, 0.2) is 5.13 Å². The van der Waals surface area contributed by atoms with Crippen molar-refractivity contribution in [1.82, 2.24) is 4.98 Å². The molecule has 0 saturated carbocycles.